The molecule has 6 nitrogen and oxygen atoms in total. The number of carbonyl (C=O) groups excluding carboxylic acids is 3. The SMILES string of the molecule is CC(=O)N1CCN(C(=O)C(C)(C)C(=O)N(C)c2ccccc2)CC1. The Labute approximate surface area is 143 Å². The molecule has 0 spiro atoms. The molecule has 0 unspecified atom stereocenters. The molecule has 6 heteroatoms. The van der Waals surface area contributed by atoms with Crippen LogP contribution in [0.25, 0.3) is 0 Å². The highest BCUT2D eigenvalue weighted by Crippen LogP contribution is 2.25. The van der Waals surface area contributed by atoms with Crippen LogP contribution in [0.5, 0.6) is 0 Å². The second kappa shape index (κ2) is 7.03. The number of piperazine rings is 1. The molecule has 0 aliphatic carbocycles. The van der Waals surface area contributed by atoms with E-state index in [1.54, 1.807) is 30.7 Å². The van der Waals surface area contributed by atoms with Gasteiger partial charge in [0.25, 0.3) is 0 Å². The van der Waals surface area contributed by atoms with Crippen molar-refractivity contribution in [2.24, 2.45) is 5.41 Å². The lowest BCUT2D eigenvalue weighted by Gasteiger charge is -2.38. The van der Waals surface area contributed by atoms with Crippen LogP contribution < -0.4 is 4.90 Å². The number of nitrogens with zero attached hydrogens (tertiary/aromatic N) is 3. The van der Waals surface area contributed by atoms with Crippen molar-refractivity contribution < 1.29 is 14.4 Å². The number of hydrogen-bond acceptors (Lipinski definition) is 3. The van der Waals surface area contributed by atoms with E-state index in [0.29, 0.717) is 26.2 Å². The molecule has 1 saturated heterocycles. The highest BCUT2D eigenvalue weighted by atomic mass is 16.2. The minimum absolute atomic E-state index is 0.0150. The van der Waals surface area contributed by atoms with Crippen molar-refractivity contribution in [1.29, 1.82) is 0 Å². The lowest BCUT2D eigenvalue weighted by atomic mass is 9.89. The third kappa shape index (κ3) is 3.58. The first-order valence-corrected chi connectivity index (χ1v) is 8.13. The topological polar surface area (TPSA) is 60.9 Å². The van der Waals surface area contributed by atoms with Crippen molar-refractivity contribution in [2.45, 2.75) is 20.8 Å². The summed E-state index contributed by atoms with van der Waals surface area (Å²) in [6.07, 6.45) is 0. The predicted octanol–water partition coefficient (Wildman–Crippen LogP) is 1.37. The Morgan fingerprint density at radius 2 is 1.46 bits per heavy atom. The number of anilines is 1. The zero-order chi connectivity index (χ0) is 17.9. The van der Waals surface area contributed by atoms with E-state index in [-0.39, 0.29) is 17.7 Å². The summed E-state index contributed by atoms with van der Waals surface area (Å²) in [5.41, 5.74) is -0.395. The zero-order valence-corrected chi connectivity index (χ0v) is 14.8. The van der Waals surface area contributed by atoms with Gasteiger partial charge in [0.15, 0.2) is 0 Å². The summed E-state index contributed by atoms with van der Waals surface area (Å²) >= 11 is 0. The second-order valence-electron chi connectivity index (χ2n) is 6.62. The fourth-order valence-electron chi connectivity index (χ4n) is 2.90. The molecule has 1 fully saturated rings. The van der Waals surface area contributed by atoms with Gasteiger partial charge in [-0.25, -0.2) is 0 Å². The summed E-state index contributed by atoms with van der Waals surface area (Å²) < 4.78 is 0. The Kier molecular flexibility index (Phi) is 5.26. The van der Waals surface area contributed by atoms with Crippen LogP contribution in [0.4, 0.5) is 5.69 Å². The average Bonchev–Trinajstić information content (AvgIpc) is 2.60. The molecule has 130 valence electrons. The number of benzene rings is 1. The highest BCUT2D eigenvalue weighted by molar-refractivity contribution is 6.10. The van der Waals surface area contributed by atoms with E-state index < -0.39 is 5.41 Å². The Bertz CT molecular complexity index is 620. The second-order valence-corrected chi connectivity index (χ2v) is 6.62. The third-order valence-corrected chi connectivity index (χ3v) is 4.53. The van der Waals surface area contributed by atoms with Gasteiger partial charge in [0.05, 0.1) is 0 Å². The molecular weight excluding hydrogens is 306 g/mol. The third-order valence-electron chi connectivity index (χ3n) is 4.53. The van der Waals surface area contributed by atoms with E-state index in [1.807, 2.05) is 30.3 Å². The maximum atomic E-state index is 12.8. The van der Waals surface area contributed by atoms with E-state index in [1.165, 1.54) is 11.8 Å². The molecule has 1 aliphatic heterocycles. The van der Waals surface area contributed by atoms with Gasteiger partial charge in [-0.15, -0.1) is 0 Å². The maximum absolute atomic E-state index is 12.8. The van der Waals surface area contributed by atoms with Crippen molar-refractivity contribution in [3.63, 3.8) is 0 Å². The summed E-state index contributed by atoms with van der Waals surface area (Å²) in [5, 5.41) is 0. The van der Waals surface area contributed by atoms with Crippen LogP contribution >= 0.6 is 0 Å². The van der Waals surface area contributed by atoms with Crippen LogP contribution in [0.15, 0.2) is 30.3 Å². The first-order valence-electron chi connectivity index (χ1n) is 8.13. The normalized spacial score (nSPS) is 15.2. The predicted molar refractivity (Wildman–Crippen MR) is 92.5 cm³/mol. The van der Waals surface area contributed by atoms with Crippen LogP contribution in [0.1, 0.15) is 20.8 Å². The average molecular weight is 331 g/mol. The van der Waals surface area contributed by atoms with Crippen LogP contribution in [0.3, 0.4) is 0 Å². The fraction of sp³-hybridized carbons (Fsp3) is 0.500. The molecule has 0 bridgehead atoms. The first kappa shape index (κ1) is 18.0. The largest absolute Gasteiger partial charge is 0.339 e. The lowest BCUT2D eigenvalue weighted by molar-refractivity contribution is -0.150. The molecule has 0 saturated carbocycles. The Morgan fingerprint density at radius 3 is 1.96 bits per heavy atom. The van der Waals surface area contributed by atoms with E-state index in [4.69, 9.17) is 0 Å². The molecule has 1 aromatic carbocycles. The van der Waals surface area contributed by atoms with Gasteiger partial charge in [-0.1, -0.05) is 18.2 Å². The van der Waals surface area contributed by atoms with Gasteiger partial charge in [0.2, 0.25) is 17.7 Å². The Hall–Kier alpha value is -2.37. The van der Waals surface area contributed by atoms with Gasteiger partial charge in [0.1, 0.15) is 5.41 Å². The molecule has 0 radical (unpaired) electrons. The Morgan fingerprint density at radius 1 is 0.958 bits per heavy atom. The zero-order valence-electron chi connectivity index (χ0n) is 14.8. The van der Waals surface area contributed by atoms with Gasteiger partial charge in [-0.3, -0.25) is 14.4 Å². The molecule has 24 heavy (non-hydrogen) atoms. The molecular formula is C18H25N3O3. The first-order chi connectivity index (χ1) is 11.2. The van der Waals surface area contributed by atoms with Crippen molar-refractivity contribution in [3.05, 3.63) is 30.3 Å². The van der Waals surface area contributed by atoms with Crippen LogP contribution in [-0.2, 0) is 14.4 Å². The molecule has 1 aromatic rings. The van der Waals surface area contributed by atoms with Crippen molar-refractivity contribution in [1.82, 2.24) is 9.80 Å². The van der Waals surface area contributed by atoms with E-state index in [0.717, 1.165) is 5.69 Å². The van der Waals surface area contributed by atoms with Gasteiger partial charge >= 0.3 is 0 Å². The number of rotatable bonds is 3. The summed E-state index contributed by atoms with van der Waals surface area (Å²) in [5.74, 6) is -0.424. The minimum Gasteiger partial charge on any atom is -0.339 e. The standard InChI is InChI=1S/C18H25N3O3/c1-14(22)20-10-12-21(13-11-20)17(24)18(2,3)16(23)19(4)15-8-6-5-7-9-15/h5-9H,10-13H2,1-4H3. The quantitative estimate of drug-likeness (QED) is 0.786. The molecule has 0 atom stereocenters. The number of amides is 3. The lowest BCUT2D eigenvalue weighted by Crippen LogP contribution is -2.56. The number of hydrogen-bond donors (Lipinski definition) is 0. The van der Waals surface area contributed by atoms with E-state index in [2.05, 4.69) is 0 Å². The van der Waals surface area contributed by atoms with Gasteiger partial charge < -0.3 is 14.7 Å². The summed E-state index contributed by atoms with van der Waals surface area (Å²) in [6, 6.07) is 9.27. The molecule has 0 N–H and O–H groups in total. The van der Waals surface area contributed by atoms with Crippen molar-refractivity contribution >= 4 is 23.4 Å². The number of para-hydroxylation sites is 1. The highest BCUT2D eigenvalue weighted by Gasteiger charge is 2.42. The fourth-order valence-corrected chi connectivity index (χ4v) is 2.90. The van der Waals surface area contributed by atoms with Crippen LogP contribution in [0, 0.1) is 5.41 Å². The van der Waals surface area contributed by atoms with Crippen LogP contribution in [0.2, 0.25) is 0 Å². The van der Waals surface area contributed by atoms with E-state index >= 15 is 0 Å². The summed E-state index contributed by atoms with van der Waals surface area (Å²) in [6.45, 7) is 6.80. The van der Waals surface area contributed by atoms with E-state index in [9.17, 15) is 14.4 Å². The molecule has 2 rings (SSSR count). The minimum atomic E-state index is -1.15. The molecule has 1 heterocycles. The van der Waals surface area contributed by atoms with Crippen molar-refractivity contribution in [3.8, 4) is 0 Å². The van der Waals surface area contributed by atoms with Gasteiger partial charge in [-0.2, -0.15) is 0 Å². The monoisotopic (exact) mass is 331 g/mol. The smallest absolute Gasteiger partial charge is 0.241 e. The Balaban J connectivity index is 2.07. The maximum Gasteiger partial charge on any atom is 0.241 e. The van der Waals surface area contributed by atoms with Gasteiger partial charge in [-0.05, 0) is 26.0 Å². The summed E-state index contributed by atoms with van der Waals surface area (Å²) in [7, 11) is 1.68. The summed E-state index contributed by atoms with van der Waals surface area (Å²) in [4.78, 5) is 42.0. The molecule has 3 amide bonds. The van der Waals surface area contributed by atoms with Crippen molar-refractivity contribution in [2.75, 3.05) is 38.1 Å². The molecule has 0 aromatic heterocycles. The van der Waals surface area contributed by atoms with Gasteiger partial charge in [0, 0.05) is 45.8 Å². The number of carbonyl (C=O) groups is 3. The van der Waals surface area contributed by atoms with Crippen LogP contribution in [-0.4, -0.2) is 60.7 Å². The molecule has 1 aliphatic rings.